The molecule has 0 saturated heterocycles. The largest absolute Gasteiger partial charge is 0.354 e. The first-order valence-corrected chi connectivity index (χ1v) is 11.7. The second-order valence-corrected chi connectivity index (χ2v) is 9.88. The number of fused-ring (bicyclic) bond motifs is 1. The van der Waals surface area contributed by atoms with Crippen molar-refractivity contribution in [1.82, 2.24) is 4.98 Å². The molecule has 0 aliphatic rings. The van der Waals surface area contributed by atoms with E-state index >= 15 is 0 Å². The number of halogens is 3. The number of aromatic amines is 1. The molecule has 0 bridgehead atoms. The van der Waals surface area contributed by atoms with E-state index in [1.165, 1.54) is 30.3 Å². The standard InChI is InChI=1S/C23H13BrClFN2O2S/c24-20-9-8-14(10-21(20)26)23-19(18-6-1-2-7-22(18)28-23)12-17(13-27)31(29,30)16-5-3-4-15(25)11-16/h1-12,28H/b17-12-. The van der Waals surface area contributed by atoms with Gasteiger partial charge in [0.15, 0.2) is 0 Å². The van der Waals surface area contributed by atoms with E-state index in [1.807, 2.05) is 12.1 Å². The highest BCUT2D eigenvalue weighted by atomic mass is 79.9. The number of nitrogens with one attached hydrogen (secondary N) is 1. The fourth-order valence-electron chi connectivity index (χ4n) is 3.26. The lowest BCUT2D eigenvalue weighted by Crippen LogP contribution is -2.03. The maximum Gasteiger partial charge on any atom is 0.216 e. The summed E-state index contributed by atoms with van der Waals surface area (Å²) in [6.07, 6.45) is 1.31. The van der Waals surface area contributed by atoms with E-state index in [1.54, 1.807) is 36.4 Å². The van der Waals surface area contributed by atoms with Gasteiger partial charge in [0.05, 0.1) is 15.1 Å². The Kier molecular flexibility index (Phi) is 5.71. The van der Waals surface area contributed by atoms with Crippen LogP contribution in [-0.4, -0.2) is 13.4 Å². The molecular weight excluding hydrogens is 503 g/mol. The fraction of sp³-hybridized carbons (Fsp3) is 0. The first-order valence-electron chi connectivity index (χ1n) is 9.00. The molecule has 0 aliphatic heterocycles. The van der Waals surface area contributed by atoms with Crippen LogP contribution in [0.5, 0.6) is 0 Å². The summed E-state index contributed by atoms with van der Waals surface area (Å²) in [5, 5.41) is 10.6. The smallest absolute Gasteiger partial charge is 0.216 e. The summed E-state index contributed by atoms with van der Waals surface area (Å²) < 4.78 is 40.7. The molecule has 4 nitrogen and oxygen atoms in total. The Morgan fingerprint density at radius 2 is 1.87 bits per heavy atom. The number of aromatic nitrogens is 1. The van der Waals surface area contributed by atoms with Crippen LogP contribution in [0.3, 0.4) is 0 Å². The molecule has 4 rings (SSSR count). The number of para-hydroxylation sites is 1. The average molecular weight is 516 g/mol. The molecule has 0 atom stereocenters. The molecule has 0 saturated carbocycles. The Bertz CT molecular complexity index is 1500. The van der Waals surface area contributed by atoms with Crippen LogP contribution in [-0.2, 0) is 9.84 Å². The summed E-state index contributed by atoms with van der Waals surface area (Å²) in [5.74, 6) is -0.460. The summed E-state index contributed by atoms with van der Waals surface area (Å²) in [5.41, 5.74) is 2.21. The summed E-state index contributed by atoms with van der Waals surface area (Å²) in [7, 11) is -4.11. The van der Waals surface area contributed by atoms with E-state index in [4.69, 9.17) is 11.6 Å². The lowest BCUT2D eigenvalue weighted by Gasteiger charge is -2.06. The van der Waals surface area contributed by atoms with Gasteiger partial charge in [0.25, 0.3) is 0 Å². The molecule has 1 aromatic heterocycles. The highest BCUT2D eigenvalue weighted by Gasteiger charge is 2.23. The van der Waals surface area contributed by atoms with Gasteiger partial charge in [0.2, 0.25) is 9.84 Å². The van der Waals surface area contributed by atoms with Gasteiger partial charge in [0.1, 0.15) is 16.8 Å². The van der Waals surface area contributed by atoms with E-state index in [0.717, 1.165) is 5.52 Å². The molecule has 31 heavy (non-hydrogen) atoms. The second-order valence-electron chi connectivity index (χ2n) is 6.67. The number of nitriles is 1. The number of allylic oxidation sites excluding steroid dienone is 1. The van der Waals surface area contributed by atoms with E-state index in [2.05, 4.69) is 20.9 Å². The molecule has 1 N–H and O–H groups in total. The molecular formula is C23H13BrClFN2O2S. The van der Waals surface area contributed by atoms with Crippen molar-refractivity contribution in [2.45, 2.75) is 4.90 Å². The quantitative estimate of drug-likeness (QED) is 0.306. The highest BCUT2D eigenvalue weighted by molar-refractivity contribution is 9.10. The van der Waals surface area contributed by atoms with Crippen molar-refractivity contribution in [2.75, 3.05) is 0 Å². The summed E-state index contributed by atoms with van der Waals surface area (Å²) >= 11 is 9.08. The molecule has 8 heteroatoms. The van der Waals surface area contributed by atoms with Crippen LogP contribution in [0.15, 0.2) is 81.0 Å². The van der Waals surface area contributed by atoms with E-state index in [0.29, 0.717) is 26.7 Å². The SMILES string of the molecule is N#C/C(=C/c1c(-c2ccc(Br)c(F)c2)[nH]c2ccccc12)S(=O)(=O)c1cccc(Cl)c1. The Morgan fingerprint density at radius 3 is 2.58 bits per heavy atom. The zero-order valence-electron chi connectivity index (χ0n) is 15.7. The van der Waals surface area contributed by atoms with Gasteiger partial charge < -0.3 is 4.98 Å². The molecule has 0 unspecified atom stereocenters. The maximum atomic E-state index is 14.2. The predicted molar refractivity (Wildman–Crippen MR) is 124 cm³/mol. The third-order valence-electron chi connectivity index (χ3n) is 4.74. The zero-order chi connectivity index (χ0) is 22.2. The number of nitrogens with zero attached hydrogens (tertiary/aromatic N) is 1. The number of rotatable bonds is 4. The van der Waals surface area contributed by atoms with Crippen molar-refractivity contribution in [1.29, 1.82) is 5.26 Å². The first kappa shape index (κ1) is 21.3. The fourth-order valence-corrected chi connectivity index (χ4v) is 4.94. The van der Waals surface area contributed by atoms with Crippen molar-refractivity contribution in [2.24, 2.45) is 0 Å². The number of benzene rings is 3. The van der Waals surface area contributed by atoms with Crippen molar-refractivity contribution in [3.63, 3.8) is 0 Å². The van der Waals surface area contributed by atoms with Crippen LogP contribution >= 0.6 is 27.5 Å². The summed E-state index contributed by atoms with van der Waals surface area (Å²) in [6, 6.07) is 19.4. The maximum absolute atomic E-state index is 14.2. The molecule has 4 aromatic rings. The Morgan fingerprint density at radius 1 is 1.10 bits per heavy atom. The van der Waals surface area contributed by atoms with E-state index in [-0.39, 0.29) is 9.92 Å². The summed E-state index contributed by atoms with van der Waals surface area (Å²) in [4.78, 5) is 2.68. The van der Waals surface area contributed by atoms with Gasteiger partial charge in [0, 0.05) is 27.1 Å². The number of hydrogen-bond acceptors (Lipinski definition) is 3. The molecule has 0 spiro atoms. The van der Waals surface area contributed by atoms with E-state index < -0.39 is 20.6 Å². The van der Waals surface area contributed by atoms with Gasteiger partial charge in [-0.3, -0.25) is 0 Å². The van der Waals surface area contributed by atoms with Crippen LogP contribution in [0.1, 0.15) is 5.56 Å². The Balaban J connectivity index is 1.97. The third kappa shape index (κ3) is 4.02. The minimum Gasteiger partial charge on any atom is -0.354 e. The van der Waals surface area contributed by atoms with Gasteiger partial charge in [-0.1, -0.05) is 41.9 Å². The van der Waals surface area contributed by atoms with Crippen molar-refractivity contribution in [3.8, 4) is 17.3 Å². The monoisotopic (exact) mass is 514 g/mol. The van der Waals surface area contributed by atoms with E-state index in [9.17, 15) is 18.1 Å². The van der Waals surface area contributed by atoms with Crippen molar-refractivity contribution < 1.29 is 12.8 Å². The topological polar surface area (TPSA) is 73.7 Å². The van der Waals surface area contributed by atoms with Gasteiger partial charge in [-0.2, -0.15) is 5.26 Å². The second kappa shape index (κ2) is 8.31. The molecule has 154 valence electrons. The summed E-state index contributed by atoms with van der Waals surface area (Å²) in [6.45, 7) is 0. The van der Waals surface area contributed by atoms with Crippen LogP contribution in [0, 0.1) is 17.1 Å². The Hall–Kier alpha value is -2.92. The number of H-pyrrole nitrogens is 1. The van der Waals surface area contributed by atoms with Gasteiger partial charge in [-0.25, -0.2) is 12.8 Å². The van der Waals surface area contributed by atoms with Crippen LogP contribution in [0.4, 0.5) is 4.39 Å². The minimum atomic E-state index is -4.11. The number of hydrogen-bond donors (Lipinski definition) is 1. The molecule has 0 fully saturated rings. The lowest BCUT2D eigenvalue weighted by atomic mass is 10.0. The third-order valence-corrected chi connectivity index (χ3v) is 7.28. The first-order chi connectivity index (χ1) is 14.8. The van der Waals surface area contributed by atoms with Crippen molar-refractivity contribution in [3.05, 3.63) is 92.5 Å². The van der Waals surface area contributed by atoms with Crippen LogP contribution in [0.25, 0.3) is 28.2 Å². The lowest BCUT2D eigenvalue weighted by molar-refractivity contribution is 0.603. The molecule has 0 aliphatic carbocycles. The van der Waals surface area contributed by atoms with Gasteiger partial charge in [-0.05, 0) is 58.4 Å². The number of sulfone groups is 1. The van der Waals surface area contributed by atoms with Gasteiger partial charge >= 0.3 is 0 Å². The molecule has 1 heterocycles. The molecule has 3 aromatic carbocycles. The Labute approximate surface area is 191 Å². The zero-order valence-corrected chi connectivity index (χ0v) is 18.9. The van der Waals surface area contributed by atoms with Crippen molar-refractivity contribution >= 4 is 54.3 Å². The van der Waals surface area contributed by atoms with Crippen LogP contribution in [0.2, 0.25) is 5.02 Å². The normalized spacial score (nSPS) is 12.1. The average Bonchev–Trinajstić information content (AvgIpc) is 3.12. The molecule has 0 amide bonds. The molecule has 0 radical (unpaired) electrons. The predicted octanol–water partition coefficient (Wildman–Crippen LogP) is 6.73. The minimum absolute atomic E-state index is 0.0797. The van der Waals surface area contributed by atoms with Gasteiger partial charge in [-0.15, -0.1) is 0 Å². The van der Waals surface area contributed by atoms with Crippen LogP contribution < -0.4 is 0 Å². The highest BCUT2D eigenvalue weighted by Crippen LogP contribution is 2.35.